The van der Waals surface area contributed by atoms with Crippen molar-refractivity contribution in [2.45, 2.75) is 12.8 Å². The van der Waals surface area contributed by atoms with Crippen LogP contribution < -0.4 is 10.2 Å². The fraction of sp³-hybridized carbons (Fsp3) is 0.500. The first kappa shape index (κ1) is 9.38. The van der Waals surface area contributed by atoms with Crippen molar-refractivity contribution in [3.63, 3.8) is 0 Å². The van der Waals surface area contributed by atoms with Crippen LogP contribution in [0.1, 0.15) is 12.8 Å². The van der Waals surface area contributed by atoms with Crippen molar-refractivity contribution < 1.29 is 0 Å². The smallest absolute Gasteiger partial charge is 0.0596 e. The average molecular weight is 190 g/mol. The second-order valence-electron chi connectivity index (χ2n) is 4.24. The van der Waals surface area contributed by atoms with Gasteiger partial charge in [0, 0.05) is 20.6 Å². The van der Waals surface area contributed by atoms with Crippen LogP contribution >= 0.6 is 0 Å². The van der Waals surface area contributed by atoms with E-state index in [2.05, 4.69) is 48.6 Å². The van der Waals surface area contributed by atoms with Gasteiger partial charge < -0.3 is 10.2 Å². The van der Waals surface area contributed by atoms with E-state index in [0.717, 1.165) is 12.5 Å². The molecule has 2 nitrogen and oxygen atoms in total. The van der Waals surface area contributed by atoms with Crippen molar-refractivity contribution in [2.75, 3.05) is 30.9 Å². The van der Waals surface area contributed by atoms with Crippen molar-refractivity contribution in [2.24, 2.45) is 5.92 Å². The summed E-state index contributed by atoms with van der Waals surface area (Å²) >= 11 is 0. The number of hydrogen-bond donors (Lipinski definition) is 1. The normalized spacial score (nSPS) is 15.3. The largest absolute Gasteiger partial charge is 0.383 e. The van der Waals surface area contributed by atoms with E-state index >= 15 is 0 Å². The van der Waals surface area contributed by atoms with Gasteiger partial charge in [-0.15, -0.1) is 0 Å². The highest BCUT2D eigenvalue weighted by atomic mass is 15.1. The highest BCUT2D eigenvalue weighted by Crippen LogP contribution is 2.30. The Labute approximate surface area is 85.9 Å². The van der Waals surface area contributed by atoms with Gasteiger partial charge in [0.25, 0.3) is 0 Å². The number of benzene rings is 1. The predicted molar refractivity (Wildman–Crippen MR) is 62.0 cm³/mol. The molecule has 1 aromatic rings. The summed E-state index contributed by atoms with van der Waals surface area (Å²) in [5, 5.41) is 3.51. The molecule has 1 aliphatic carbocycles. The number of hydrogen-bond acceptors (Lipinski definition) is 2. The minimum absolute atomic E-state index is 0.921. The Kier molecular flexibility index (Phi) is 2.62. The average Bonchev–Trinajstić information content (AvgIpc) is 2.98. The molecule has 2 rings (SSSR count). The lowest BCUT2D eigenvalue weighted by Gasteiger charge is -2.18. The molecule has 1 N–H and O–H groups in total. The van der Waals surface area contributed by atoms with Crippen LogP contribution in [0.2, 0.25) is 0 Å². The topological polar surface area (TPSA) is 15.3 Å². The molecule has 0 amide bonds. The summed E-state index contributed by atoms with van der Waals surface area (Å²) in [6.45, 7) is 1.13. The number of rotatable bonds is 4. The Morgan fingerprint density at radius 3 is 2.64 bits per heavy atom. The van der Waals surface area contributed by atoms with Gasteiger partial charge in [-0.3, -0.25) is 0 Å². The van der Waals surface area contributed by atoms with Gasteiger partial charge >= 0.3 is 0 Å². The SMILES string of the molecule is CN(C)c1ccccc1NCC1CC1. The number of nitrogens with one attached hydrogen (secondary N) is 1. The summed E-state index contributed by atoms with van der Waals surface area (Å²) in [5.74, 6) is 0.921. The van der Waals surface area contributed by atoms with Crippen molar-refractivity contribution in [3.8, 4) is 0 Å². The van der Waals surface area contributed by atoms with E-state index in [-0.39, 0.29) is 0 Å². The molecule has 0 radical (unpaired) electrons. The molecular formula is C12H18N2. The first-order valence-electron chi connectivity index (χ1n) is 5.27. The van der Waals surface area contributed by atoms with Crippen molar-refractivity contribution in [3.05, 3.63) is 24.3 Å². The third kappa shape index (κ3) is 2.19. The quantitative estimate of drug-likeness (QED) is 0.785. The minimum Gasteiger partial charge on any atom is -0.383 e. The lowest BCUT2D eigenvalue weighted by atomic mass is 10.2. The zero-order valence-electron chi connectivity index (χ0n) is 8.96. The molecule has 0 saturated heterocycles. The van der Waals surface area contributed by atoms with Crippen LogP contribution in [0.25, 0.3) is 0 Å². The Balaban J connectivity index is 2.05. The summed E-state index contributed by atoms with van der Waals surface area (Å²) in [5.41, 5.74) is 2.53. The maximum absolute atomic E-state index is 3.51. The summed E-state index contributed by atoms with van der Waals surface area (Å²) < 4.78 is 0. The van der Waals surface area contributed by atoms with Crippen LogP contribution in [-0.2, 0) is 0 Å². The molecule has 0 aliphatic heterocycles. The highest BCUT2D eigenvalue weighted by Gasteiger charge is 2.20. The highest BCUT2D eigenvalue weighted by molar-refractivity contribution is 5.69. The van der Waals surface area contributed by atoms with Crippen LogP contribution in [0, 0.1) is 5.92 Å². The van der Waals surface area contributed by atoms with Gasteiger partial charge in [0.2, 0.25) is 0 Å². The zero-order chi connectivity index (χ0) is 9.97. The molecule has 0 atom stereocenters. The van der Waals surface area contributed by atoms with E-state index in [4.69, 9.17) is 0 Å². The van der Waals surface area contributed by atoms with Crippen LogP contribution in [0.5, 0.6) is 0 Å². The molecule has 0 heterocycles. The van der Waals surface area contributed by atoms with Gasteiger partial charge in [-0.1, -0.05) is 12.1 Å². The van der Waals surface area contributed by atoms with E-state index in [1.807, 2.05) is 0 Å². The zero-order valence-corrected chi connectivity index (χ0v) is 8.96. The van der Waals surface area contributed by atoms with Crippen LogP contribution in [-0.4, -0.2) is 20.6 Å². The van der Waals surface area contributed by atoms with Gasteiger partial charge in [0.15, 0.2) is 0 Å². The van der Waals surface area contributed by atoms with Crippen molar-refractivity contribution in [1.82, 2.24) is 0 Å². The molecule has 0 bridgehead atoms. The number of para-hydroxylation sites is 2. The summed E-state index contributed by atoms with van der Waals surface area (Å²) in [6, 6.07) is 8.47. The summed E-state index contributed by atoms with van der Waals surface area (Å²) in [7, 11) is 4.16. The molecule has 1 saturated carbocycles. The Morgan fingerprint density at radius 2 is 2.00 bits per heavy atom. The molecule has 0 unspecified atom stereocenters. The number of anilines is 2. The van der Waals surface area contributed by atoms with E-state index in [9.17, 15) is 0 Å². The summed E-state index contributed by atoms with van der Waals surface area (Å²) in [4.78, 5) is 2.15. The fourth-order valence-corrected chi connectivity index (χ4v) is 1.59. The van der Waals surface area contributed by atoms with E-state index in [1.54, 1.807) is 0 Å². The molecule has 14 heavy (non-hydrogen) atoms. The molecule has 0 aromatic heterocycles. The molecule has 76 valence electrons. The predicted octanol–water partition coefficient (Wildman–Crippen LogP) is 2.57. The molecule has 2 heteroatoms. The molecule has 1 aromatic carbocycles. The number of nitrogens with zero attached hydrogens (tertiary/aromatic N) is 1. The Hall–Kier alpha value is -1.18. The second kappa shape index (κ2) is 3.91. The Morgan fingerprint density at radius 1 is 1.29 bits per heavy atom. The van der Waals surface area contributed by atoms with Crippen LogP contribution in [0.3, 0.4) is 0 Å². The lowest BCUT2D eigenvalue weighted by molar-refractivity contribution is 0.888. The van der Waals surface area contributed by atoms with Gasteiger partial charge in [-0.25, -0.2) is 0 Å². The first-order chi connectivity index (χ1) is 6.77. The standard InChI is InChI=1S/C12H18N2/c1-14(2)12-6-4-3-5-11(12)13-9-10-7-8-10/h3-6,10,13H,7-9H2,1-2H3. The van der Waals surface area contributed by atoms with Gasteiger partial charge in [0.05, 0.1) is 11.4 Å². The van der Waals surface area contributed by atoms with Crippen molar-refractivity contribution in [1.29, 1.82) is 0 Å². The van der Waals surface area contributed by atoms with Gasteiger partial charge in [-0.05, 0) is 30.9 Å². The van der Waals surface area contributed by atoms with Gasteiger partial charge in [0.1, 0.15) is 0 Å². The molecular weight excluding hydrogens is 172 g/mol. The van der Waals surface area contributed by atoms with Crippen LogP contribution in [0.15, 0.2) is 24.3 Å². The lowest BCUT2D eigenvalue weighted by Crippen LogP contribution is -2.13. The van der Waals surface area contributed by atoms with Crippen molar-refractivity contribution >= 4 is 11.4 Å². The van der Waals surface area contributed by atoms with E-state index in [1.165, 1.54) is 24.2 Å². The first-order valence-corrected chi connectivity index (χ1v) is 5.27. The van der Waals surface area contributed by atoms with E-state index < -0.39 is 0 Å². The minimum atomic E-state index is 0.921. The second-order valence-corrected chi connectivity index (χ2v) is 4.24. The van der Waals surface area contributed by atoms with Crippen LogP contribution in [0.4, 0.5) is 11.4 Å². The maximum Gasteiger partial charge on any atom is 0.0596 e. The third-order valence-corrected chi connectivity index (χ3v) is 2.66. The molecule has 0 spiro atoms. The summed E-state index contributed by atoms with van der Waals surface area (Å²) in [6.07, 6.45) is 2.80. The monoisotopic (exact) mass is 190 g/mol. The maximum atomic E-state index is 3.51. The molecule has 1 aliphatic rings. The van der Waals surface area contributed by atoms with Gasteiger partial charge in [-0.2, -0.15) is 0 Å². The molecule has 1 fully saturated rings. The third-order valence-electron chi connectivity index (χ3n) is 2.66. The van der Waals surface area contributed by atoms with E-state index in [0.29, 0.717) is 0 Å². The Bertz CT molecular complexity index is 303. The fourth-order valence-electron chi connectivity index (χ4n) is 1.59.